The van der Waals surface area contributed by atoms with Crippen LogP contribution in [0.2, 0.25) is 0 Å². The summed E-state index contributed by atoms with van der Waals surface area (Å²) in [5, 5.41) is 10.7. The number of alkyl halides is 6. The van der Waals surface area contributed by atoms with Crippen molar-refractivity contribution in [3.05, 3.63) is 74.9 Å². The molecule has 13 nitrogen and oxygen atoms in total. The van der Waals surface area contributed by atoms with Crippen molar-refractivity contribution >= 4 is 58.8 Å². The van der Waals surface area contributed by atoms with Crippen LogP contribution in [0.25, 0.3) is 32.6 Å². The highest BCUT2D eigenvalue weighted by molar-refractivity contribution is 7.91. The van der Waals surface area contributed by atoms with Crippen LogP contribution in [-0.2, 0) is 39.5 Å². The number of imidazole rings is 1. The summed E-state index contributed by atoms with van der Waals surface area (Å²) in [4.78, 5) is 31.0. The van der Waals surface area contributed by atoms with Crippen molar-refractivity contribution in [1.82, 2.24) is 18.4 Å². The maximum atomic E-state index is 14.4. The molecule has 51 heavy (non-hydrogen) atoms. The summed E-state index contributed by atoms with van der Waals surface area (Å²) in [6.07, 6.45) is -1.31. The maximum Gasteiger partial charge on any atom is 0.534 e. The molecule has 6 rings (SSSR count). The molecule has 1 aliphatic rings. The Bertz CT molecular complexity index is 2490. The lowest BCUT2D eigenvalue weighted by atomic mass is 10.0. The molecular weight excluding hydrogens is 759 g/mol. The van der Waals surface area contributed by atoms with E-state index in [-0.39, 0.29) is 47.5 Å². The van der Waals surface area contributed by atoms with Crippen LogP contribution in [0.1, 0.15) is 16.7 Å². The normalized spacial score (nSPS) is 14.5. The smallest absolute Gasteiger partial charge is 0.497 e. The Morgan fingerprint density at radius 1 is 0.941 bits per heavy atom. The highest BCUT2D eigenvalue weighted by atomic mass is 32.2. The summed E-state index contributed by atoms with van der Waals surface area (Å²) in [7, 11) is -11.8. The number of carboxylic acid groups (broad SMARTS) is 1. The Morgan fingerprint density at radius 3 is 2.14 bits per heavy atom. The Morgan fingerprint density at radius 2 is 1.57 bits per heavy atom. The van der Waals surface area contributed by atoms with Crippen molar-refractivity contribution in [2.45, 2.75) is 30.4 Å². The number of hydrogen-bond donors (Lipinski definition) is 1. The first-order chi connectivity index (χ1) is 23.7. The van der Waals surface area contributed by atoms with Crippen LogP contribution in [0.15, 0.2) is 52.6 Å². The molecule has 1 amide bonds. The molecule has 3 aromatic heterocycles. The van der Waals surface area contributed by atoms with E-state index in [9.17, 15) is 57.9 Å². The number of amides is 1. The number of carbonyl (C=O) groups is 1. The van der Waals surface area contributed by atoms with E-state index in [1.807, 2.05) is 0 Å². The van der Waals surface area contributed by atoms with Gasteiger partial charge in [-0.3, -0.25) is 4.79 Å². The molecule has 0 radical (unpaired) electrons. The molecule has 0 fully saturated rings. The number of thiophene rings is 1. The van der Waals surface area contributed by atoms with E-state index in [0.717, 1.165) is 15.5 Å². The van der Waals surface area contributed by atoms with Crippen molar-refractivity contribution < 1.29 is 62.0 Å². The number of fused-ring (bicyclic) bond motifs is 3. The van der Waals surface area contributed by atoms with Gasteiger partial charge in [-0.1, -0.05) is 12.1 Å². The van der Waals surface area contributed by atoms with Gasteiger partial charge in [0.25, 0.3) is 5.56 Å². The van der Waals surface area contributed by atoms with Crippen LogP contribution in [0.5, 0.6) is 11.5 Å². The first kappa shape index (κ1) is 36.0. The number of halogens is 6. The molecular formula is C29H22F6N4O9S3. The van der Waals surface area contributed by atoms with Crippen LogP contribution >= 0.6 is 11.3 Å². The predicted octanol–water partition coefficient (Wildman–Crippen LogP) is 5.14. The van der Waals surface area contributed by atoms with E-state index in [1.165, 1.54) is 48.9 Å². The van der Waals surface area contributed by atoms with Crippen LogP contribution < -0.4 is 14.5 Å². The van der Waals surface area contributed by atoms with Crippen LogP contribution in [0.3, 0.4) is 0 Å². The number of methoxy groups -OCH3 is 1. The minimum Gasteiger partial charge on any atom is -0.497 e. The summed E-state index contributed by atoms with van der Waals surface area (Å²) in [6.45, 7) is -0.532. The third-order valence-electron chi connectivity index (χ3n) is 8.07. The van der Waals surface area contributed by atoms with Gasteiger partial charge in [0.05, 0.1) is 34.9 Å². The van der Waals surface area contributed by atoms with Gasteiger partial charge in [-0.2, -0.15) is 43.2 Å². The van der Waals surface area contributed by atoms with Gasteiger partial charge < -0.3 is 23.5 Å². The number of pyridine rings is 1. The van der Waals surface area contributed by atoms with Crippen molar-refractivity contribution in [2.75, 3.05) is 20.2 Å². The molecule has 22 heteroatoms. The monoisotopic (exact) mass is 780 g/mol. The molecule has 0 unspecified atom stereocenters. The minimum absolute atomic E-state index is 0.0276. The first-order valence-corrected chi connectivity index (χ1v) is 18.1. The lowest BCUT2D eigenvalue weighted by Crippen LogP contribution is -2.33. The van der Waals surface area contributed by atoms with E-state index < -0.39 is 75.7 Å². The molecule has 4 heterocycles. The van der Waals surface area contributed by atoms with E-state index in [0.29, 0.717) is 28.2 Å². The van der Waals surface area contributed by atoms with Gasteiger partial charge in [0.2, 0.25) is 0 Å². The molecule has 0 atom stereocenters. The van der Waals surface area contributed by atoms with Crippen molar-refractivity contribution in [2.24, 2.45) is 0 Å². The Kier molecular flexibility index (Phi) is 8.78. The maximum absolute atomic E-state index is 14.4. The lowest BCUT2D eigenvalue weighted by molar-refractivity contribution is -0.0499. The summed E-state index contributed by atoms with van der Waals surface area (Å²) in [6, 6.07) is 9.43. The van der Waals surface area contributed by atoms with Crippen LogP contribution in [-0.4, -0.2) is 77.7 Å². The van der Waals surface area contributed by atoms with Crippen LogP contribution in [0, 0.1) is 0 Å². The third-order valence-corrected chi connectivity index (χ3v) is 11.4. The average molecular weight is 781 g/mol. The molecule has 1 aliphatic heterocycles. The molecule has 272 valence electrons. The summed E-state index contributed by atoms with van der Waals surface area (Å²) in [5.74, 6) is -2.35. The minimum atomic E-state index is -6.60. The van der Waals surface area contributed by atoms with E-state index in [1.54, 1.807) is 0 Å². The van der Waals surface area contributed by atoms with Gasteiger partial charge in [0.1, 0.15) is 11.3 Å². The number of ether oxygens (including phenoxy) is 1. The molecule has 5 aromatic rings. The number of rotatable bonds is 7. The summed E-state index contributed by atoms with van der Waals surface area (Å²) >= 11 is 0.567. The SMILES string of the molecule is COc1ccc(Cn2c(=O)c(-c3nc4cc5c(cc4n3S(=O)(=O)C(F)(F)F)CCN(C(=O)O)CC5)c(OS(=O)(=O)C(F)(F)F)c3sccc32)cc1. The average Bonchev–Trinajstić information content (AvgIpc) is 3.61. The predicted molar refractivity (Wildman–Crippen MR) is 170 cm³/mol. The zero-order valence-electron chi connectivity index (χ0n) is 25.6. The van der Waals surface area contributed by atoms with Crippen LogP contribution in [0.4, 0.5) is 31.1 Å². The van der Waals surface area contributed by atoms with Crippen molar-refractivity contribution in [3.8, 4) is 22.9 Å². The summed E-state index contributed by atoms with van der Waals surface area (Å²) in [5.41, 5.74) is -15.3. The molecule has 0 spiro atoms. The quantitative estimate of drug-likeness (QED) is 0.133. The lowest BCUT2D eigenvalue weighted by Gasteiger charge is -2.18. The second-order valence-corrected chi connectivity index (χ2v) is 15.3. The third kappa shape index (κ3) is 6.24. The Balaban J connectivity index is 1.71. The molecule has 0 saturated heterocycles. The topological polar surface area (TPSA) is 167 Å². The zero-order chi connectivity index (χ0) is 37.3. The zero-order valence-corrected chi connectivity index (χ0v) is 28.1. The highest BCUT2D eigenvalue weighted by Gasteiger charge is 2.52. The number of hydrogen-bond acceptors (Lipinski definition) is 10. The molecule has 0 bridgehead atoms. The Hall–Kier alpha value is -4.83. The molecule has 1 N–H and O–H groups in total. The largest absolute Gasteiger partial charge is 0.534 e. The van der Waals surface area contributed by atoms with Gasteiger partial charge in [0, 0.05) is 13.1 Å². The fourth-order valence-corrected chi connectivity index (χ4v) is 8.00. The second kappa shape index (κ2) is 12.4. The standard InChI is InChI=1S/C29H22F6N4O9S3/c1-47-18-4-2-15(3-5-18)14-38-20-8-11-49-24(20)23(48-51(45,46)29(33,34)35)22(26(38)40)25-36-19-12-16-6-9-37(27(41)42)10-7-17(16)13-21(19)39(25)50(43,44)28(30,31)32/h2-5,8,11-13H,6-7,9-10,14H2,1H3,(H,41,42). The van der Waals surface area contributed by atoms with Crippen molar-refractivity contribution in [3.63, 3.8) is 0 Å². The molecule has 0 aliphatic carbocycles. The van der Waals surface area contributed by atoms with Crippen molar-refractivity contribution in [1.29, 1.82) is 0 Å². The fourth-order valence-electron chi connectivity index (χ4n) is 5.62. The molecule has 2 aromatic carbocycles. The van der Waals surface area contributed by atoms with Gasteiger partial charge in [-0.25, -0.2) is 13.8 Å². The molecule has 0 saturated carbocycles. The van der Waals surface area contributed by atoms with Gasteiger partial charge >= 0.3 is 37.3 Å². The van der Waals surface area contributed by atoms with Gasteiger partial charge in [0.15, 0.2) is 11.6 Å². The van der Waals surface area contributed by atoms with Gasteiger partial charge in [-0.05, 0) is 65.2 Å². The number of aromatic nitrogens is 3. The van der Waals surface area contributed by atoms with E-state index >= 15 is 0 Å². The van der Waals surface area contributed by atoms with Gasteiger partial charge in [-0.15, -0.1) is 11.3 Å². The first-order valence-electron chi connectivity index (χ1n) is 14.4. The fraction of sp³-hybridized carbons (Fsp3) is 0.276. The Labute approximate surface area is 287 Å². The number of benzene rings is 2. The second-order valence-electron chi connectivity index (χ2n) is 11.1. The highest BCUT2D eigenvalue weighted by Crippen LogP contribution is 2.43. The summed E-state index contributed by atoms with van der Waals surface area (Å²) < 4.78 is 145. The number of nitrogens with zero attached hydrogens (tertiary/aromatic N) is 4. The van der Waals surface area contributed by atoms with E-state index in [2.05, 4.69) is 9.17 Å². The van der Waals surface area contributed by atoms with E-state index in [4.69, 9.17) is 4.74 Å².